The fourth-order valence-electron chi connectivity index (χ4n) is 10.0. The number of carbonyl (C=O) groups is 5. The molecule has 0 aromatic rings. The van der Waals surface area contributed by atoms with E-state index in [1.165, 1.54) is 4.90 Å². The molecule has 1 heterocycles. The maximum absolute atomic E-state index is 14.9. The van der Waals surface area contributed by atoms with Crippen molar-refractivity contribution in [2.75, 3.05) is 20.6 Å². The van der Waals surface area contributed by atoms with Crippen LogP contribution in [0.15, 0.2) is 12.7 Å². The van der Waals surface area contributed by atoms with Crippen molar-refractivity contribution in [3.63, 3.8) is 0 Å². The van der Waals surface area contributed by atoms with Gasteiger partial charge in [-0.3, -0.25) is 28.7 Å². The highest BCUT2D eigenvalue weighted by atomic mass is 32.2. The van der Waals surface area contributed by atoms with Crippen LogP contribution in [0.4, 0.5) is 0 Å². The average Bonchev–Trinajstić information content (AvgIpc) is 3.90. The normalized spacial score (nSPS) is 30.6. The highest BCUT2D eigenvalue weighted by Gasteiger charge is 2.85. The van der Waals surface area contributed by atoms with E-state index in [2.05, 4.69) is 25.1 Å². The fourth-order valence-corrected chi connectivity index (χ4v) is 11.4. The Kier molecular flexibility index (Phi) is 9.48. The van der Waals surface area contributed by atoms with E-state index in [0.29, 0.717) is 32.2 Å². The highest BCUT2D eigenvalue weighted by Crippen LogP contribution is 2.88. The zero-order chi connectivity index (χ0) is 37.6. The summed E-state index contributed by atoms with van der Waals surface area (Å²) in [6.45, 7) is 20.4. The zero-order valence-corrected chi connectivity index (χ0v) is 32.9. The number of hydrogen-bond acceptors (Lipinski definition) is 7. The van der Waals surface area contributed by atoms with Crippen molar-refractivity contribution in [3.05, 3.63) is 12.7 Å². The minimum atomic E-state index is -3.81. The van der Waals surface area contributed by atoms with E-state index in [1.54, 1.807) is 25.1 Å². The number of Topliss-reactive ketones (excluding diaryl/α,β-unsaturated/α-hetero) is 2. The quantitative estimate of drug-likeness (QED) is 0.255. The van der Waals surface area contributed by atoms with Gasteiger partial charge in [0.05, 0.1) is 16.7 Å². The van der Waals surface area contributed by atoms with Gasteiger partial charge in [0.2, 0.25) is 27.7 Å². The fraction of sp³-hybridized carbons (Fsp3) is 0.821. The number of ketones is 2. The number of sulfonamides is 1. The molecule has 0 aromatic heterocycles. The molecule has 1 N–H and O–H groups in total. The predicted molar refractivity (Wildman–Crippen MR) is 192 cm³/mol. The molecule has 3 amide bonds. The van der Waals surface area contributed by atoms with Crippen molar-refractivity contribution in [2.45, 2.75) is 131 Å². The number of allylic oxidation sites excluding steroid dienone is 1. The Hall–Kier alpha value is -2.56. The van der Waals surface area contributed by atoms with Crippen molar-refractivity contribution in [3.8, 4) is 0 Å². The van der Waals surface area contributed by atoms with Gasteiger partial charge in [-0.1, -0.05) is 67.9 Å². The van der Waals surface area contributed by atoms with Gasteiger partial charge in [0.25, 0.3) is 0 Å². The van der Waals surface area contributed by atoms with Crippen LogP contribution >= 0.6 is 0 Å². The Balaban J connectivity index is 1.43. The number of hydrogen-bond donors (Lipinski definition) is 1. The number of likely N-dealkylation sites (tertiary alicyclic amines) is 1. The van der Waals surface area contributed by atoms with Gasteiger partial charge in [0, 0.05) is 57.2 Å². The number of amides is 3. The van der Waals surface area contributed by atoms with Gasteiger partial charge in [0.15, 0.2) is 5.78 Å². The third-order valence-electron chi connectivity index (χ3n) is 14.0. The Morgan fingerprint density at radius 1 is 0.920 bits per heavy atom. The lowest BCUT2D eigenvalue weighted by Gasteiger charge is -2.36. The van der Waals surface area contributed by atoms with E-state index < -0.39 is 55.3 Å². The lowest BCUT2D eigenvalue weighted by atomic mass is 9.73. The minimum Gasteiger partial charge on any atom is -0.349 e. The second-order valence-electron chi connectivity index (χ2n) is 19.4. The molecule has 50 heavy (non-hydrogen) atoms. The van der Waals surface area contributed by atoms with E-state index in [0.717, 1.165) is 19.3 Å². The molecule has 5 fully saturated rings. The molecule has 11 heteroatoms. The highest BCUT2D eigenvalue weighted by molar-refractivity contribution is 7.90. The van der Waals surface area contributed by atoms with Crippen molar-refractivity contribution >= 4 is 39.3 Å². The Bertz CT molecular complexity index is 1580. The van der Waals surface area contributed by atoms with E-state index in [1.807, 2.05) is 41.5 Å². The van der Waals surface area contributed by atoms with Gasteiger partial charge in [-0.15, -0.1) is 6.58 Å². The van der Waals surface area contributed by atoms with Gasteiger partial charge in [-0.2, -0.15) is 0 Å². The molecule has 280 valence electrons. The minimum absolute atomic E-state index is 0.0210. The summed E-state index contributed by atoms with van der Waals surface area (Å²) in [6.07, 6.45) is 6.47. The van der Waals surface area contributed by atoms with Crippen LogP contribution in [0.25, 0.3) is 0 Å². The van der Waals surface area contributed by atoms with Crippen LogP contribution in [-0.4, -0.2) is 79.4 Å². The van der Waals surface area contributed by atoms with E-state index in [4.69, 9.17) is 0 Å². The first-order chi connectivity index (χ1) is 22.8. The summed E-state index contributed by atoms with van der Waals surface area (Å²) >= 11 is 0. The van der Waals surface area contributed by atoms with Crippen molar-refractivity contribution in [1.29, 1.82) is 0 Å². The first-order valence-corrected chi connectivity index (χ1v) is 20.1. The summed E-state index contributed by atoms with van der Waals surface area (Å²) in [4.78, 5) is 73.2. The van der Waals surface area contributed by atoms with Gasteiger partial charge in [0.1, 0.15) is 5.78 Å². The maximum atomic E-state index is 14.9. The van der Waals surface area contributed by atoms with Crippen LogP contribution in [0.2, 0.25) is 0 Å². The average molecular weight is 716 g/mol. The van der Waals surface area contributed by atoms with E-state index in [-0.39, 0.29) is 64.8 Å². The summed E-state index contributed by atoms with van der Waals surface area (Å²) in [5, 5.41) is -0.574. The standard InChI is InChI=1S/C39H61N3O7S/c1-12-24-20-37(24,33(47)40-50(48,49)26-14-15-26)22-30(44)29-21-39(36(8,9)38(39)16-13-17-38)23-42(29)32(46)28(35(5,6)7)19-25(43)18-27(34(2,3)4)31(45)41(10)11/h12,24,26-29H,1,13-23H2,2-11H3,(H,40,47)/t24-,27-,28-,29+,37-,39-/m1/s1. The smallest absolute Gasteiger partial charge is 0.240 e. The number of nitrogens with one attached hydrogen (secondary N) is 1. The molecule has 2 spiro atoms. The third kappa shape index (κ3) is 6.19. The molecule has 1 aliphatic heterocycles. The molecular formula is C39H61N3O7S. The van der Waals surface area contributed by atoms with Crippen LogP contribution in [0, 0.1) is 50.2 Å². The summed E-state index contributed by atoms with van der Waals surface area (Å²) in [6, 6.07) is -0.782. The van der Waals surface area contributed by atoms with Crippen molar-refractivity contribution < 1.29 is 32.4 Å². The molecular weight excluding hydrogens is 655 g/mol. The third-order valence-corrected chi connectivity index (χ3v) is 15.8. The predicted octanol–water partition coefficient (Wildman–Crippen LogP) is 5.31. The molecule has 6 atom stereocenters. The van der Waals surface area contributed by atoms with Crippen LogP contribution < -0.4 is 4.72 Å². The molecule has 0 bridgehead atoms. The lowest BCUT2D eigenvalue weighted by molar-refractivity contribution is -0.147. The molecule has 5 rings (SSSR count). The first-order valence-electron chi connectivity index (χ1n) is 18.6. The van der Waals surface area contributed by atoms with Gasteiger partial charge in [-0.25, -0.2) is 8.42 Å². The van der Waals surface area contributed by atoms with Gasteiger partial charge < -0.3 is 9.80 Å². The number of carbonyl (C=O) groups excluding carboxylic acids is 5. The van der Waals surface area contributed by atoms with E-state index >= 15 is 0 Å². The summed E-state index contributed by atoms with van der Waals surface area (Å²) < 4.78 is 27.8. The monoisotopic (exact) mass is 715 g/mol. The molecule has 0 aromatic carbocycles. The van der Waals surface area contributed by atoms with Crippen LogP contribution in [-0.2, 0) is 34.0 Å². The van der Waals surface area contributed by atoms with Crippen molar-refractivity contribution in [2.24, 2.45) is 50.2 Å². The Morgan fingerprint density at radius 3 is 1.90 bits per heavy atom. The zero-order valence-electron chi connectivity index (χ0n) is 32.1. The summed E-state index contributed by atoms with van der Waals surface area (Å²) in [7, 11) is -0.446. The SMILES string of the molecule is C=C[C@@H]1C[C@]1(CC(=O)[C@@H]1C[C@@]2(CN1C(=O)[C@@H](CC(=O)C[C@H](C(=O)N(C)C)C(C)(C)C)C(C)(C)C)C(C)(C)C21CCC1)C(=O)NS(=O)(=O)C1CC1. The molecule has 1 saturated heterocycles. The molecule has 10 nitrogen and oxygen atoms in total. The number of fused-ring (bicyclic) bond motifs is 1. The Labute approximate surface area is 300 Å². The lowest BCUT2D eigenvalue weighted by Crippen LogP contribution is -2.49. The number of nitrogens with zero attached hydrogens (tertiary/aromatic N) is 2. The summed E-state index contributed by atoms with van der Waals surface area (Å²) in [5.41, 5.74) is -2.57. The Morgan fingerprint density at radius 2 is 1.48 bits per heavy atom. The van der Waals surface area contributed by atoms with Crippen LogP contribution in [0.5, 0.6) is 0 Å². The topological polar surface area (TPSA) is 138 Å². The molecule has 5 aliphatic rings. The molecule has 0 radical (unpaired) electrons. The number of rotatable bonds is 13. The molecule has 0 unspecified atom stereocenters. The van der Waals surface area contributed by atoms with Crippen LogP contribution in [0.1, 0.15) is 120 Å². The maximum Gasteiger partial charge on any atom is 0.240 e. The molecule has 4 aliphatic carbocycles. The first kappa shape index (κ1) is 38.7. The van der Waals surface area contributed by atoms with Gasteiger partial charge in [-0.05, 0) is 66.1 Å². The van der Waals surface area contributed by atoms with Crippen LogP contribution in [0.3, 0.4) is 0 Å². The van der Waals surface area contributed by atoms with Gasteiger partial charge >= 0.3 is 0 Å². The second-order valence-corrected chi connectivity index (χ2v) is 21.3. The van der Waals surface area contributed by atoms with Crippen molar-refractivity contribution in [1.82, 2.24) is 14.5 Å². The second kappa shape index (κ2) is 12.3. The largest absolute Gasteiger partial charge is 0.349 e. The molecule has 4 saturated carbocycles. The summed E-state index contributed by atoms with van der Waals surface area (Å²) in [5.74, 6) is -3.03. The van der Waals surface area contributed by atoms with E-state index in [9.17, 15) is 32.4 Å².